The fraction of sp³-hybridized carbons (Fsp3) is 0.500. The van der Waals surface area contributed by atoms with Gasteiger partial charge in [0.05, 0.1) is 19.3 Å². The number of esters is 1. The van der Waals surface area contributed by atoms with E-state index in [9.17, 15) is 18.0 Å². The maximum Gasteiger partial charge on any atom is 0.343 e. The van der Waals surface area contributed by atoms with Gasteiger partial charge < -0.3 is 10.1 Å². The summed E-state index contributed by atoms with van der Waals surface area (Å²) in [5.74, 6) is -4.17. The third-order valence-electron chi connectivity index (χ3n) is 4.04. The average molecular weight is 384 g/mol. The predicted molar refractivity (Wildman–Crippen MR) is 97.5 cm³/mol. The van der Waals surface area contributed by atoms with Crippen molar-refractivity contribution >= 4 is 18.0 Å². The molecule has 0 aliphatic carbocycles. The molecule has 1 aromatic rings. The second-order valence-corrected chi connectivity index (χ2v) is 5.91. The Morgan fingerprint density at radius 3 is 2.96 bits per heavy atom. The number of nitrogens with one attached hydrogen (secondary N) is 1. The standard InChI is InChI=1S/C18H23F3N4O2/c1-3-22-9-7-5-6-8-13-10-15(18(20,21)12-19)25-16(24-13)14(11-23-25)17(26)27-4-2/h3,5-8,11,13,15,24H,4,9-10,12H2,1-2H3/b7-5-,8-6+,22-3?. The van der Waals surface area contributed by atoms with Crippen LogP contribution in [0.1, 0.15) is 36.7 Å². The summed E-state index contributed by atoms with van der Waals surface area (Å²) in [5, 5.41) is 6.88. The smallest absolute Gasteiger partial charge is 0.343 e. The lowest BCUT2D eigenvalue weighted by molar-refractivity contribution is -0.0773. The van der Waals surface area contributed by atoms with E-state index < -0.39 is 30.7 Å². The van der Waals surface area contributed by atoms with Crippen LogP contribution in [0, 0.1) is 0 Å². The molecular formula is C18H23F3N4O2. The van der Waals surface area contributed by atoms with Gasteiger partial charge in [0.25, 0.3) is 5.92 Å². The number of carbonyl (C=O) groups excluding carboxylic acids is 1. The van der Waals surface area contributed by atoms with Gasteiger partial charge in [0.15, 0.2) is 6.67 Å². The zero-order valence-corrected chi connectivity index (χ0v) is 15.2. The summed E-state index contributed by atoms with van der Waals surface area (Å²) in [7, 11) is 0. The summed E-state index contributed by atoms with van der Waals surface area (Å²) >= 11 is 0. The molecule has 2 rings (SSSR count). The SMILES string of the molecule is CC=NC/C=C\C=C\C1CC(C(F)(F)CF)n2ncc(C(=O)OCC)c2N1. The molecule has 0 fully saturated rings. The molecule has 148 valence electrons. The molecule has 0 spiro atoms. The summed E-state index contributed by atoms with van der Waals surface area (Å²) in [5.41, 5.74) is 0.0439. The van der Waals surface area contributed by atoms with E-state index in [0.29, 0.717) is 6.54 Å². The summed E-state index contributed by atoms with van der Waals surface area (Å²) < 4.78 is 47.1. The lowest BCUT2D eigenvalue weighted by Gasteiger charge is -2.34. The zero-order chi connectivity index (χ0) is 19.9. The van der Waals surface area contributed by atoms with E-state index in [2.05, 4.69) is 15.4 Å². The van der Waals surface area contributed by atoms with E-state index in [4.69, 9.17) is 4.74 Å². The van der Waals surface area contributed by atoms with Crippen LogP contribution in [0.2, 0.25) is 0 Å². The quantitative estimate of drug-likeness (QED) is 0.423. The molecule has 9 heteroatoms. The molecule has 2 heterocycles. The maximum absolute atomic E-state index is 14.1. The number of ether oxygens (including phenoxy) is 1. The zero-order valence-electron chi connectivity index (χ0n) is 15.2. The van der Waals surface area contributed by atoms with Crippen LogP contribution in [0.15, 0.2) is 35.5 Å². The van der Waals surface area contributed by atoms with Crippen molar-refractivity contribution in [2.45, 2.75) is 38.3 Å². The summed E-state index contributed by atoms with van der Waals surface area (Å²) in [6.07, 6.45) is 9.69. The highest BCUT2D eigenvalue weighted by Gasteiger charge is 2.46. The lowest BCUT2D eigenvalue weighted by Crippen LogP contribution is -2.42. The van der Waals surface area contributed by atoms with Gasteiger partial charge >= 0.3 is 5.97 Å². The number of fused-ring (bicyclic) bond motifs is 1. The molecule has 0 amide bonds. The normalized spacial score (nSPS) is 20.3. The van der Waals surface area contributed by atoms with Gasteiger partial charge in [0.1, 0.15) is 17.4 Å². The van der Waals surface area contributed by atoms with Crippen LogP contribution in [0.5, 0.6) is 0 Å². The van der Waals surface area contributed by atoms with Crippen LogP contribution in [0.3, 0.4) is 0 Å². The van der Waals surface area contributed by atoms with E-state index >= 15 is 0 Å². The monoisotopic (exact) mass is 384 g/mol. The Morgan fingerprint density at radius 2 is 2.30 bits per heavy atom. The Bertz CT molecular complexity index is 728. The third-order valence-corrected chi connectivity index (χ3v) is 4.04. The molecule has 0 aromatic carbocycles. The van der Waals surface area contributed by atoms with E-state index in [1.807, 2.05) is 6.92 Å². The number of alkyl halides is 3. The largest absolute Gasteiger partial charge is 0.462 e. The summed E-state index contributed by atoms with van der Waals surface area (Å²) in [6, 6.07) is -2.03. The second kappa shape index (κ2) is 9.38. The van der Waals surface area contributed by atoms with E-state index in [-0.39, 0.29) is 24.4 Å². The Morgan fingerprint density at radius 1 is 1.52 bits per heavy atom. The molecule has 1 aromatic heterocycles. The number of aromatic nitrogens is 2. The van der Waals surface area contributed by atoms with Gasteiger partial charge in [0, 0.05) is 6.04 Å². The highest BCUT2D eigenvalue weighted by atomic mass is 19.3. The molecule has 1 aliphatic heterocycles. The van der Waals surface area contributed by atoms with Crippen LogP contribution in [0.4, 0.5) is 19.0 Å². The Balaban J connectivity index is 2.28. The van der Waals surface area contributed by atoms with Gasteiger partial charge in [0.2, 0.25) is 0 Å². The molecule has 27 heavy (non-hydrogen) atoms. The topological polar surface area (TPSA) is 68.5 Å². The van der Waals surface area contributed by atoms with Crippen LogP contribution < -0.4 is 5.32 Å². The molecule has 0 saturated carbocycles. The van der Waals surface area contributed by atoms with Crippen molar-refractivity contribution < 1.29 is 22.7 Å². The van der Waals surface area contributed by atoms with Crippen molar-refractivity contribution in [2.24, 2.45) is 4.99 Å². The number of anilines is 1. The molecule has 6 nitrogen and oxygen atoms in total. The lowest BCUT2D eigenvalue weighted by atomic mass is 9.98. The van der Waals surface area contributed by atoms with Gasteiger partial charge in [-0.05, 0) is 26.5 Å². The first-order chi connectivity index (χ1) is 12.9. The van der Waals surface area contributed by atoms with Crippen LogP contribution in [-0.4, -0.2) is 53.8 Å². The molecule has 2 atom stereocenters. The number of rotatable bonds is 8. The maximum atomic E-state index is 14.1. The van der Waals surface area contributed by atoms with Crippen molar-refractivity contribution in [2.75, 3.05) is 25.1 Å². The summed E-state index contributed by atoms with van der Waals surface area (Å²) in [4.78, 5) is 16.1. The molecule has 0 saturated heterocycles. The Kier molecular flexibility index (Phi) is 7.20. The van der Waals surface area contributed by atoms with E-state index in [1.165, 1.54) is 0 Å². The number of allylic oxidation sites excluding steroid dienone is 2. The van der Waals surface area contributed by atoms with E-state index in [1.54, 1.807) is 37.4 Å². The number of aliphatic imine (C=N–C) groups is 1. The molecule has 2 unspecified atom stereocenters. The number of hydrogen-bond acceptors (Lipinski definition) is 5. The fourth-order valence-corrected chi connectivity index (χ4v) is 2.75. The van der Waals surface area contributed by atoms with Crippen molar-refractivity contribution in [3.8, 4) is 0 Å². The molecule has 1 aliphatic rings. The van der Waals surface area contributed by atoms with Gasteiger partial charge in [-0.15, -0.1) is 0 Å². The minimum Gasteiger partial charge on any atom is -0.462 e. The number of carbonyl (C=O) groups is 1. The third kappa shape index (κ3) is 4.99. The van der Waals surface area contributed by atoms with Crippen LogP contribution in [0.25, 0.3) is 0 Å². The molecule has 1 N–H and O–H groups in total. The number of nitrogens with zero attached hydrogens (tertiary/aromatic N) is 3. The Labute approximate surface area is 155 Å². The molecular weight excluding hydrogens is 361 g/mol. The first-order valence-electron chi connectivity index (χ1n) is 8.67. The number of hydrogen-bond donors (Lipinski definition) is 1. The Hall–Kier alpha value is -2.58. The van der Waals surface area contributed by atoms with Crippen molar-refractivity contribution in [1.82, 2.24) is 9.78 Å². The van der Waals surface area contributed by atoms with E-state index in [0.717, 1.165) is 10.9 Å². The second-order valence-electron chi connectivity index (χ2n) is 5.91. The first-order valence-corrected chi connectivity index (χ1v) is 8.67. The number of halogens is 3. The first kappa shape index (κ1) is 20.7. The van der Waals surface area contributed by atoms with Crippen LogP contribution in [-0.2, 0) is 4.74 Å². The van der Waals surface area contributed by atoms with Crippen molar-refractivity contribution in [3.63, 3.8) is 0 Å². The van der Waals surface area contributed by atoms with Gasteiger partial charge in [-0.3, -0.25) is 4.99 Å². The predicted octanol–water partition coefficient (Wildman–Crippen LogP) is 3.59. The minimum atomic E-state index is -3.60. The minimum absolute atomic E-state index is 0.0439. The average Bonchev–Trinajstić information content (AvgIpc) is 3.08. The summed E-state index contributed by atoms with van der Waals surface area (Å²) in [6.45, 7) is 2.30. The van der Waals surface area contributed by atoms with Crippen LogP contribution >= 0.6 is 0 Å². The van der Waals surface area contributed by atoms with Gasteiger partial charge in [-0.2, -0.15) is 5.10 Å². The van der Waals surface area contributed by atoms with Crippen molar-refractivity contribution in [3.05, 3.63) is 36.1 Å². The van der Waals surface area contributed by atoms with Gasteiger partial charge in [-0.1, -0.05) is 24.3 Å². The molecule has 0 bridgehead atoms. The fourth-order valence-electron chi connectivity index (χ4n) is 2.75. The molecule has 0 radical (unpaired) electrons. The highest BCUT2D eigenvalue weighted by Crippen LogP contribution is 2.40. The van der Waals surface area contributed by atoms with Crippen molar-refractivity contribution in [1.29, 1.82) is 0 Å². The van der Waals surface area contributed by atoms with Gasteiger partial charge in [-0.25, -0.2) is 22.6 Å². The highest BCUT2D eigenvalue weighted by molar-refractivity contribution is 5.94.